The number of aryl methyl sites for hydroxylation is 2. The first-order valence-corrected chi connectivity index (χ1v) is 10.0. The Morgan fingerprint density at radius 3 is 2.60 bits per heavy atom. The Hall–Kier alpha value is -3.67. The van der Waals surface area contributed by atoms with Gasteiger partial charge in [-0.05, 0) is 49.7 Å². The van der Waals surface area contributed by atoms with Crippen molar-refractivity contribution in [2.24, 2.45) is 0 Å². The average molecular weight is 400 g/mol. The van der Waals surface area contributed by atoms with Crippen LogP contribution in [-0.2, 0) is 13.1 Å². The normalized spacial score (nSPS) is 10.8. The first kappa shape index (κ1) is 19.6. The molecule has 0 aliphatic rings. The van der Waals surface area contributed by atoms with E-state index in [-0.39, 0.29) is 5.91 Å². The first-order valence-electron chi connectivity index (χ1n) is 10.0. The van der Waals surface area contributed by atoms with Gasteiger partial charge in [0.1, 0.15) is 11.6 Å². The zero-order chi connectivity index (χ0) is 20.8. The molecule has 152 valence electrons. The van der Waals surface area contributed by atoms with Crippen molar-refractivity contribution in [3.8, 4) is 5.75 Å². The molecule has 0 spiro atoms. The fourth-order valence-corrected chi connectivity index (χ4v) is 3.32. The van der Waals surface area contributed by atoms with Gasteiger partial charge in [0.05, 0.1) is 24.2 Å². The second-order valence-corrected chi connectivity index (χ2v) is 7.10. The zero-order valence-corrected chi connectivity index (χ0v) is 16.9. The molecule has 2 heterocycles. The number of hydrogen-bond acceptors (Lipinski definition) is 4. The van der Waals surface area contributed by atoms with Crippen molar-refractivity contribution in [3.05, 3.63) is 90.0 Å². The Labute approximate surface area is 175 Å². The molecule has 6 nitrogen and oxygen atoms in total. The predicted molar refractivity (Wildman–Crippen MR) is 116 cm³/mol. The second-order valence-electron chi connectivity index (χ2n) is 7.10. The number of imidazole rings is 1. The molecular formula is C24H24N4O2. The molecule has 0 fully saturated rings. The van der Waals surface area contributed by atoms with Crippen molar-refractivity contribution in [2.75, 3.05) is 6.61 Å². The monoisotopic (exact) mass is 400 g/mol. The van der Waals surface area contributed by atoms with Crippen LogP contribution in [-0.4, -0.2) is 27.0 Å². The highest BCUT2D eigenvalue weighted by Gasteiger charge is 2.12. The molecule has 2 aromatic carbocycles. The maximum atomic E-state index is 12.4. The number of pyridine rings is 1. The molecular weight excluding hydrogens is 376 g/mol. The molecule has 0 radical (unpaired) electrons. The smallest absolute Gasteiger partial charge is 0.251 e. The SMILES string of the molecule is Cc1ccc(OCCCn2c(CNC(=O)c3ccncc3)nc3ccccc32)cc1. The van der Waals surface area contributed by atoms with Crippen LogP contribution in [0.3, 0.4) is 0 Å². The minimum absolute atomic E-state index is 0.140. The van der Waals surface area contributed by atoms with Crippen molar-refractivity contribution < 1.29 is 9.53 Å². The molecule has 0 unspecified atom stereocenters. The number of nitrogens with zero attached hydrogens (tertiary/aromatic N) is 3. The number of hydrogen-bond donors (Lipinski definition) is 1. The number of fused-ring (bicyclic) bond motifs is 1. The van der Waals surface area contributed by atoms with Crippen LogP contribution in [0.2, 0.25) is 0 Å². The van der Waals surface area contributed by atoms with Crippen molar-refractivity contribution in [2.45, 2.75) is 26.4 Å². The van der Waals surface area contributed by atoms with Crippen molar-refractivity contribution in [1.82, 2.24) is 19.9 Å². The molecule has 30 heavy (non-hydrogen) atoms. The van der Waals surface area contributed by atoms with Crippen LogP contribution in [0.15, 0.2) is 73.1 Å². The van der Waals surface area contributed by atoms with Crippen LogP contribution in [0.1, 0.15) is 28.2 Å². The Balaban J connectivity index is 1.42. The second kappa shape index (κ2) is 9.22. The molecule has 0 saturated carbocycles. The minimum Gasteiger partial charge on any atom is -0.494 e. The van der Waals surface area contributed by atoms with E-state index in [0.29, 0.717) is 18.7 Å². The van der Waals surface area contributed by atoms with Crippen LogP contribution in [0.25, 0.3) is 11.0 Å². The third-order valence-corrected chi connectivity index (χ3v) is 4.90. The number of nitrogens with one attached hydrogen (secondary N) is 1. The Morgan fingerprint density at radius 1 is 1.03 bits per heavy atom. The van der Waals surface area contributed by atoms with Gasteiger partial charge >= 0.3 is 0 Å². The summed E-state index contributed by atoms with van der Waals surface area (Å²) in [6, 6.07) is 19.5. The fraction of sp³-hybridized carbons (Fsp3) is 0.208. The molecule has 4 aromatic rings. The van der Waals surface area contributed by atoms with Gasteiger partial charge in [0.15, 0.2) is 0 Å². The fourth-order valence-electron chi connectivity index (χ4n) is 3.32. The Bertz CT molecular complexity index is 1120. The highest BCUT2D eigenvalue weighted by atomic mass is 16.5. The minimum atomic E-state index is -0.140. The quantitative estimate of drug-likeness (QED) is 0.451. The largest absolute Gasteiger partial charge is 0.494 e. The van der Waals surface area contributed by atoms with Crippen LogP contribution >= 0.6 is 0 Å². The summed E-state index contributed by atoms with van der Waals surface area (Å²) >= 11 is 0. The van der Waals surface area contributed by atoms with E-state index in [4.69, 9.17) is 9.72 Å². The van der Waals surface area contributed by atoms with Crippen LogP contribution in [0.5, 0.6) is 5.75 Å². The van der Waals surface area contributed by atoms with Crippen molar-refractivity contribution >= 4 is 16.9 Å². The molecule has 0 saturated heterocycles. The lowest BCUT2D eigenvalue weighted by molar-refractivity contribution is 0.0949. The predicted octanol–water partition coefficient (Wildman–Crippen LogP) is 4.14. The average Bonchev–Trinajstić information content (AvgIpc) is 3.14. The summed E-state index contributed by atoms with van der Waals surface area (Å²) in [5.41, 5.74) is 3.77. The van der Waals surface area contributed by atoms with E-state index >= 15 is 0 Å². The Morgan fingerprint density at radius 2 is 1.80 bits per heavy atom. The van der Waals surface area contributed by atoms with E-state index < -0.39 is 0 Å². The van der Waals surface area contributed by atoms with E-state index in [9.17, 15) is 4.79 Å². The maximum absolute atomic E-state index is 12.4. The third kappa shape index (κ3) is 4.66. The highest BCUT2D eigenvalue weighted by Crippen LogP contribution is 2.17. The van der Waals surface area contributed by atoms with Gasteiger partial charge in [-0.25, -0.2) is 4.98 Å². The van der Waals surface area contributed by atoms with Crippen LogP contribution < -0.4 is 10.1 Å². The number of carbonyl (C=O) groups excluding carboxylic acids is 1. The summed E-state index contributed by atoms with van der Waals surface area (Å²) in [6.07, 6.45) is 4.05. The molecule has 1 amide bonds. The number of aromatic nitrogens is 3. The molecule has 2 aromatic heterocycles. The molecule has 1 N–H and O–H groups in total. The first-order chi connectivity index (χ1) is 14.7. The number of para-hydroxylation sites is 2. The van der Waals surface area contributed by atoms with Crippen LogP contribution in [0, 0.1) is 6.92 Å². The van der Waals surface area contributed by atoms with E-state index in [0.717, 1.165) is 35.6 Å². The van der Waals surface area contributed by atoms with Gasteiger partial charge in [-0.1, -0.05) is 29.8 Å². The summed E-state index contributed by atoms with van der Waals surface area (Å²) in [5.74, 6) is 1.56. The van der Waals surface area contributed by atoms with Gasteiger partial charge in [0.25, 0.3) is 5.91 Å². The summed E-state index contributed by atoms with van der Waals surface area (Å²) in [5, 5.41) is 2.96. The topological polar surface area (TPSA) is 69.0 Å². The number of carbonyl (C=O) groups is 1. The highest BCUT2D eigenvalue weighted by molar-refractivity contribution is 5.93. The van der Waals surface area contributed by atoms with E-state index in [1.807, 2.05) is 42.5 Å². The summed E-state index contributed by atoms with van der Waals surface area (Å²) in [7, 11) is 0. The Kier molecular flexibility index (Phi) is 6.03. The number of benzene rings is 2. The van der Waals surface area contributed by atoms with E-state index in [1.54, 1.807) is 24.5 Å². The maximum Gasteiger partial charge on any atom is 0.251 e. The summed E-state index contributed by atoms with van der Waals surface area (Å²) in [4.78, 5) is 21.1. The molecule has 0 aliphatic heterocycles. The lowest BCUT2D eigenvalue weighted by Gasteiger charge is -2.11. The molecule has 0 atom stereocenters. The van der Waals surface area contributed by atoms with Gasteiger partial charge < -0.3 is 14.6 Å². The third-order valence-electron chi connectivity index (χ3n) is 4.90. The molecule has 0 bridgehead atoms. The van der Waals surface area contributed by atoms with Crippen LogP contribution in [0.4, 0.5) is 0 Å². The van der Waals surface area contributed by atoms with Gasteiger partial charge in [0, 0.05) is 24.5 Å². The zero-order valence-electron chi connectivity index (χ0n) is 16.9. The van der Waals surface area contributed by atoms with Crippen molar-refractivity contribution in [3.63, 3.8) is 0 Å². The number of amides is 1. The van der Waals surface area contributed by atoms with Gasteiger partial charge in [-0.15, -0.1) is 0 Å². The van der Waals surface area contributed by atoms with Gasteiger partial charge in [-0.3, -0.25) is 9.78 Å². The summed E-state index contributed by atoms with van der Waals surface area (Å²) < 4.78 is 8.01. The van der Waals surface area contributed by atoms with E-state index in [1.165, 1.54) is 5.56 Å². The lowest BCUT2D eigenvalue weighted by atomic mass is 10.2. The summed E-state index contributed by atoms with van der Waals surface area (Å²) in [6.45, 7) is 3.78. The lowest BCUT2D eigenvalue weighted by Crippen LogP contribution is -2.25. The molecule has 6 heteroatoms. The van der Waals surface area contributed by atoms with Gasteiger partial charge in [0.2, 0.25) is 0 Å². The standard InChI is InChI=1S/C24H24N4O2/c1-18-7-9-20(10-8-18)30-16-4-15-28-22-6-3-2-5-21(22)27-23(28)17-26-24(29)19-11-13-25-14-12-19/h2-3,5-14H,4,15-17H2,1H3,(H,26,29). The molecule has 4 rings (SSSR count). The number of rotatable bonds is 8. The van der Waals surface area contributed by atoms with Crippen molar-refractivity contribution in [1.29, 1.82) is 0 Å². The van der Waals surface area contributed by atoms with Gasteiger partial charge in [-0.2, -0.15) is 0 Å². The van der Waals surface area contributed by atoms with E-state index in [2.05, 4.69) is 27.9 Å². The number of ether oxygens (including phenoxy) is 1. The molecule has 0 aliphatic carbocycles.